The fourth-order valence-electron chi connectivity index (χ4n) is 4.12. The van der Waals surface area contributed by atoms with Gasteiger partial charge in [0.15, 0.2) is 0 Å². The van der Waals surface area contributed by atoms with Crippen molar-refractivity contribution >= 4 is 41.4 Å². The number of carboxylic acid groups (broad SMARTS) is 1. The number of carboxylic acids is 1. The number of hydrogen-bond acceptors (Lipinski definition) is 10. The molecule has 6 atom stereocenters. The summed E-state index contributed by atoms with van der Waals surface area (Å²) in [7, 11) is 0. The Morgan fingerprint density at radius 2 is 1.30 bits per heavy atom. The lowest BCUT2D eigenvalue weighted by Crippen LogP contribution is -2.58. The summed E-state index contributed by atoms with van der Waals surface area (Å²) in [5.41, 5.74) is 16.5. The van der Waals surface area contributed by atoms with Crippen LogP contribution in [0.1, 0.15) is 73.6 Å². The molecule has 0 aromatic rings. The van der Waals surface area contributed by atoms with Crippen LogP contribution in [0.2, 0.25) is 0 Å². The first-order chi connectivity index (χ1) is 23.0. The first-order valence-electron chi connectivity index (χ1n) is 16.2. The fraction of sp³-hybridized carbons (Fsp3) is 0.767. The van der Waals surface area contributed by atoms with E-state index in [0.29, 0.717) is 25.8 Å². The van der Waals surface area contributed by atoms with Gasteiger partial charge in [-0.1, -0.05) is 48.0 Å². The van der Waals surface area contributed by atoms with Gasteiger partial charge in [-0.3, -0.25) is 28.8 Å². The highest BCUT2D eigenvalue weighted by Crippen LogP contribution is 2.13. The molecule has 0 radical (unpaired) electrons. The maximum Gasteiger partial charge on any atom is 0.490 e. The minimum Gasteiger partial charge on any atom is -0.475 e. The highest BCUT2D eigenvalue weighted by Gasteiger charge is 2.38. The number of hydrogen-bond donors (Lipinski definition) is 10. The third-order valence-corrected chi connectivity index (χ3v) is 7.20. The third-order valence-electron chi connectivity index (χ3n) is 7.20. The van der Waals surface area contributed by atoms with Crippen LogP contribution in [0.25, 0.3) is 0 Å². The second-order valence-corrected chi connectivity index (χ2v) is 12.4. The maximum atomic E-state index is 13.2. The molecule has 0 rings (SSSR count). The van der Waals surface area contributed by atoms with E-state index >= 15 is 0 Å². The van der Waals surface area contributed by atoms with E-state index < -0.39 is 90.9 Å². The minimum absolute atomic E-state index is 0.00904. The van der Waals surface area contributed by atoms with Crippen LogP contribution in [-0.2, 0) is 33.6 Å². The number of primary amides is 1. The average Bonchev–Trinajstić information content (AvgIpc) is 3.02. The van der Waals surface area contributed by atoms with Gasteiger partial charge in [0.05, 0.1) is 13.2 Å². The summed E-state index contributed by atoms with van der Waals surface area (Å²) in [6, 6.07) is -5.16. The Kier molecular flexibility index (Phi) is 23.2. The zero-order valence-corrected chi connectivity index (χ0v) is 29.4. The van der Waals surface area contributed by atoms with Gasteiger partial charge in [0.2, 0.25) is 35.4 Å². The van der Waals surface area contributed by atoms with Crippen molar-refractivity contribution in [2.45, 2.75) is 110 Å². The monoisotopic (exact) mass is 728 g/mol. The molecule has 0 saturated carbocycles. The zero-order chi connectivity index (χ0) is 39.4. The summed E-state index contributed by atoms with van der Waals surface area (Å²) in [5.74, 6) is -7.23. The number of amides is 6. The van der Waals surface area contributed by atoms with Crippen molar-refractivity contribution in [2.24, 2.45) is 35.0 Å². The fourth-order valence-corrected chi connectivity index (χ4v) is 4.12. The Morgan fingerprint density at radius 1 is 0.780 bits per heavy atom. The van der Waals surface area contributed by atoms with Crippen molar-refractivity contribution < 1.29 is 56.9 Å². The molecule has 0 saturated heterocycles. The van der Waals surface area contributed by atoms with Gasteiger partial charge in [-0.05, 0) is 50.0 Å². The highest BCUT2D eigenvalue weighted by molar-refractivity contribution is 5.95. The lowest BCUT2D eigenvalue weighted by molar-refractivity contribution is -0.192. The Morgan fingerprint density at radius 3 is 1.72 bits per heavy atom. The molecule has 0 aromatic heterocycles. The Balaban J connectivity index is 0. The van der Waals surface area contributed by atoms with E-state index in [-0.39, 0.29) is 30.6 Å². The molecule has 0 aliphatic rings. The van der Waals surface area contributed by atoms with Gasteiger partial charge < -0.3 is 54.0 Å². The zero-order valence-electron chi connectivity index (χ0n) is 29.4. The van der Waals surface area contributed by atoms with Crippen LogP contribution in [0.15, 0.2) is 0 Å². The number of carbonyl (C=O) groups is 7. The summed E-state index contributed by atoms with van der Waals surface area (Å²) >= 11 is 0. The molecule has 0 aliphatic carbocycles. The predicted octanol–water partition coefficient (Wildman–Crippen LogP) is -1.64. The number of nitrogens with one attached hydrogen (secondary N) is 5. The SMILES string of the molecule is CC[C@H](C)[C@H](NC(=O)[C@H](CC(C)C)NC(=O)[C@@H](N)CO)C(=O)NCC(=O)N[C@@H](CCCCN)C(=O)N[C@H](C(N)=O)C(C)C.O=C(O)C(F)(F)F. The van der Waals surface area contributed by atoms with E-state index in [4.69, 9.17) is 32.2 Å². The number of nitrogens with two attached hydrogens (primary N) is 3. The number of halogens is 3. The molecule has 0 bridgehead atoms. The van der Waals surface area contributed by atoms with Crippen LogP contribution in [0.4, 0.5) is 13.2 Å². The summed E-state index contributed by atoms with van der Waals surface area (Å²) in [5, 5.41) is 29.2. The van der Waals surface area contributed by atoms with Gasteiger partial charge in [0, 0.05) is 0 Å². The quantitative estimate of drug-likeness (QED) is 0.0598. The van der Waals surface area contributed by atoms with Crippen molar-refractivity contribution in [3.05, 3.63) is 0 Å². The molecule has 0 heterocycles. The van der Waals surface area contributed by atoms with Crippen LogP contribution >= 0.6 is 0 Å². The smallest absolute Gasteiger partial charge is 0.475 e. The van der Waals surface area contributed by atoms with E-state index in [1.807, 2.05) is 20.8 Å². The van der Waals surface area contributed by atoms with Gasteiger partial charge in [0.25, 0.3) is 0 Å². The number of carbonyl (C=O) groups excluding carboxylic acids is 6. The summed E-state index contributed by atoms with van der Waals surface area (Å²) < 4.78 is 31.7. The van der Waals surface area contributed by atoms with E-state index in [2.05, 4.69) is 26.6 Å². The summed E-state index contributed by atoms with van der Waals surface area (Å²) in [4.78, 5) is 84.9. The number of aliphatic carboxylic acids is 1. The van der Waals surface area contributed by atoms with Crippen LogP contribution in [0.3, 0.4) is 0 Å². The van der Waals surface area contributed by atoms with Crippen LogP contribution in [0, 0.1) is 17.8 Å². The molecule has 0 aromatic carbocycles. The molecular formula is C30H55F3N8O9. The van der Waals surface area contributed by atoms with Gasteiger partial charge in [-0.25, -0.2) is 4.79 Å². The highest BCUT2D eigenvalue weighted by atomic mass is 19.4. The standard InChI is InChI=1S/C28H54N8O7.C2HF3O2/c1-7-17(6)23(36-27(42)20(12-15(2)3)34-25(40)18(30)14-37)28(43)32-13-21(38)33-19(10-8-9-11-29)26(41)35-22(16(4)5)24(31)39;3-2(4,5)1(6)7/h15-20,22-23,37H,7-14,29-30H2,1-6H3,(H2,31,39)(H,32,43)(H,33,38)(H,34,40)(H,35,41)(H,36,42);(H,6,7)/t17-,18-,19-,20-,22-,23-;/m0./s1. The number of aliphatic hydroxyl groups excluding tert-OH is 1. The van der Waals surface area contributed by atoms with Gasteiger partial charge >= 0.3 is 12.1 Å². The molecule has 0 unspecified atom stereocenters. The lowest BCUT2D eigenvalue weighted by Gasteiger charge is -2.27. The van der Waals surface area contributed by atoms with E-state index in [1.165, 1.54) is 0 Å². The second-order valence-electron chi connectivity index (χ2n) is 12.4. The van der Waals surface area contributed by atoms with Gasteiger partial charge in [-0.2, -0.15) is 13.2 Å². The second kappa shape index (κ2) is 24.2. The molecule has 0 spiro atoms. The average molecular weight is 729 g/mol. The van der Waals surface area contributed by atoms with Crippen LogP contribution < -0.4 is 43.8 Å². The molecule has 290 valence electrons. The largest absolute Gasteiger partial charge is 0.490 e. The van der Waals surface area contributed by atoms with E-state index in [9.17, 15) is 41.9 Å². The molecule has 20 heteroatoms. The summed E-state index contributed by atoms with van der Waals surface area (Å²) in [6.07, 6.45) is -2.92. The molecule has 17 nitrogen and oxygen atoms in total. The molecular weight excluding hydrogens is 673 g/mol. The third kappa shape index (κ3) is 19.8. The van der Waals surface area contributed by atoms with Crippen molar-refractivity contribution in [3.63, 3.8) is 0 Å². The number of rotatable bonds is 21. The predicted molar refractivity (Wildman–Crippen MR) is 175 cm³/mol. The number of unbranched alkanes of at least 4 members (excludes halogenated alkanes) is 1. The van der Waals surface area contributed by atoms with Crippen molar-refractivity contribution in [1.29, 1.82) is 0 Å². The first-order valence-corrected chi connectivity index (χ1v) is 16.2. The number of alkyl halides is 3. The minimum atomic E-state index is -5.08. The maximum absolute atomic E-state index is 13.2. The van der Waals surface area contributed by atoms with Crippen molar-refractivity contribution in [3.8, 4) is 0 Å². The Hall–Kier alpha value is -4.04. The topological polar surface area (TPSA) is 298 Å². The Labute approximate surface area is 289 Å². The lowest BCUT2D eigenvalue weighted by atomic mass is 9.96. The molecule has 6 amide bonds. The van der Waals surface area contributed by atoms with Crippen molar-refractivity contribution in [1.82, 2.24) is 26.6 Å². The van der Waals surface area contributed by atoms with Crippen LogP contribution in [0.5, 0.6) is 0 Å². The molecule has 0 aliphatic heterocycles. The Bertz CT molecular complexity index is 1130. The van der Waals surface area contributed by atoms with E-state index in [1.54, 1.807) is 20.8 Å². The van der Waals surface area contributed by atoms with E-state index in [0.717, 1.165) is 0 Å². The van der Waals surface area contributed by atoms with Crippen LogP contribution in [-0.4, -0.2) is 108 Å². The van der Waals surface area contributed by atoms with Gasteiger partial charge in [-0.15, -0.1) is 0 Å². The first kappa shape index (κ1) is 48.1. The molecule has 50 heavy (non-hydrogen) atoms. The summed E-state index contributed by atoms with van der Waals surface area (Å²) in [6.45, 7) is 10.1. The molecule has 0 fully saturated rings. The normalized spacial score (nSPS) is 14.8. The number of aliphatic hydroxyl groups is 1. The molecule has 13 N–H and O–H groups in total. The van der Waals surface area contributed by atoms with Gasteiger partial charge in [0.1, 0.15) is 30.2 Å². The van der Waals surface area contributed by atoms with Crippen molar-refractivity contribution in [2.75, 3.05) is 19.7 Å².